The zero-order valence-electron chi connectivity index (χ0n) is 19.2. The number of benzene rings is 1. The maximum absolute atomic E-state index is 14.0. The predicted octanol–water partition coefficient (Wildman–Crippen LogP) is 7.17. The second-order valence-corrected chi connectivity index (χ2v) is 8.18. The van der Waals surface area contributed by atoms with E-state index in [0.717, 1.165) is 25.3 Å². The summed E-state index contributed by atoms with van der Waals surface area (Å²) in [5.74, 6) is -4.15. The van der Waals surface area contributed by atoms with E-state index in [-0.39, 0.29) is 17.6 Å². The lowest BCUT2D eigenvalue weighted by Crippen LogP contribution is -2.46. The Balaban J connectivity index is 2.79. The highest BCUT2D eigenvalue weighted by molar-refractivity contribution is 5.20. The Morgan fingerprint density at radius 3 is 1.97 bits per heavy atom. The summed E-state index contributed by atoms with van der Waals surface area (Å²) in [5.41, 5.74) is 0.178. The van der Waals surface area contributed by atoms with Crippen LogP contribution in [0.1, 0.15) is 84.1 Å². The van der Waals surface area contributed by atoms with Crippen molar-refractivity contribution in [2.45, 2.75) is 97.1 Å². The zero-order valence-corrected chi connectivity index (χ0v) is 19.2. The van der Waals surface area contributed by atoms with E-state index in [2.05, 4.69) is 6.92 Å². The fraction of sp³-hybridized carbons (Fsp3) is 0.750. The zero-order chi connectivity index (χ0) is 22.6. The van der Waals surface area contributed by atoms with E-state index in [1.54, 1.807) is 14.2 Å². The average molecular weight is 433 g/mol. The second kappa shape index (κ2) is 14.0. The highest BCUT2D eigenvalue weighted by Gasteiger charge is 2.41. The maximum Gasteiger partial charge on any atom is 0.285 e. The van der Waals surface area contributed by atoms with Gasteiger partial charge in [0.1, 0.15) is 5.82 Å². The van der Waals surface area contributed by atoms with Gasteiger partial charge in [-0.2, -0.15) is 0 Å². The summed E-state index contributed by atoms with van der Waals surface area (Å²) in [6.45, 7) is 6.04. The van der Waals surface area contributed by atoms with Crippen LogP contribution in [0.2, 0.25) is 0 Å². The van der Waals surface area contributed by atoms with Crippen LogP contribution in [0.25, 0.3) is 0 Å². The topological polar surface area (TPSA) is 27.7 Å². The standard InChI is InChI=1S/C24H39F3O3/c1-6-7-8-9-10-11-14-20(24(28-4,29-5)30-18(2)3)15-12-13-19-16-22(26)23(27)17-21(19)25/h16-18,20H,6-15H2,1-5H3. The SMILES string of the molecule is CCCCCCCCC(CCCc1cc(F)c(F)cc1F)C(OC)(OC)OC(C)C. The van der Waals surface area contributed by atoms with Gasteiger partial charge in [-0.05, 0) is 51.2 Å². The summed E-state index contributed by atoms with van der Waals surface area (Å²) in [5, 5.41) is 0. The largest absolute Gasteiger partial charge is 0.331 e. The summed E-state index contributed by atoms with van der Waals surface area (Å²) < 4.78 is 58.0. The van der Waals surface area contributed by atoms with Crippen molar-refractivity contribution in [1.82, 2.24) is 0 Å². The van der Waals surface area contributed by atoms with Crippen LogP contribution in [-0.2, 0) is 20.6 Å². The molecule has 0 saturated carbocycles. The Hall–Kier alpha value is -1.11. The Morgan fingerprint density at radius 2 is 1.37 bits per heavy atom. The van der Waals surface area contributed by atoms with Crippen molar-refractivity contribution in [2.75, 3.05) is 14.2 Å². The molecule has 0 aromatic heterocycles. The molecule has 0 aliphatic carbocycles. The fourth-order valence-corrected chi connectivity index (χ4v) is 3.90. The van der Waals surface area contributed by atoms with Crippen LogP contribution in [0.4, 0.5) is 13.2 Å². The minimum absolute atomic E-state index is 0.0607. The van der Waals surface area contributed by atoms with Crippen molar-refractivity contribution >= 4 is 0 Å². The van der Waals surface area contributed by atoms with Crippen LogP contribution in [-0.4, -0.2) is 26.3 Å². The molecule has 6 heteroatoms. The van der Waals surface area contributed by atoms with Crippen molar-refractivity contribution in [3.63, 3.8) is 0 Å². The van der Waals surface area contributed by atoms with E-state index in [0.29, 0.717) is 25.3 Å². The first-order chi connectivity index (χ1) is 14.3. The summed E-state index contributed by atoms with van der Waals surface area (Å²) in [6, 6.07) is 1.55. The van der Waals surface area contributed by atoms with Crippen LogP contribution in [0.15, 0.2) is 12.1 Å². The van der Waals surface area contributed by atoms with Crippen molar-refractivity contribution in [2.24, 2.45) is 5.92 Å². The van der Waals surface area contributed by atoms with Crippen molar-refractivity contribution < 1.29 is 27.4 Å². The van der Waals surface area contributed by atoms with Crippen LogP contribution >= 0.6 is 0 Å². The van der Waals surface area contributed by atoms with Crippen LogP contribution in [0, 0.1) is 23.4 Å². The fourth-order valence-electron chi connectivity index (χ4n) is 3.90. The van der Waals surface area contributed by atoms with Gasteiger partial charge in [-0.1, -0.05) is 45.4 Å². The number of rotatable bonds is 16. The Morgan fingerprint density at radius 1 is 0.800 bits per heavy atom. The molecule has 0 radical (unpaired) electrons. The first-order valence-corrected chi connectivity index (χ1v) is 11.2. The van der Waals surface area contributed by atoms with Crippen LogP contribution < -0.4 is 0 Å². The van der Waals surface area contributed by atoms with Gasteiger partial charge >= 0.3 is 0 Å². The van der Waals surface area contributed by atoms with Gasteiger partial charge in [0.05, 0.1) is 6.10 Å². The smallest absolute Gasteiger partial charge is 0.285 e. The molecule has 1 rings (SSSR count). The summed E-state index contributed by atoms with van der Waals surface area (Å²) in [6.07, 6.45) is 9.32. The molecule has 0 spiro atoms. The van der Waals surface area contributed by atoms with Gasteiger partial charge < -0.3 is 14.2 Å². The molecule has 3 nitrogen and oxygen atoms in total. The third-order valence-electron chi connectivity index (χ3n) is 5.46. The van der Waals surface area contributed by atoms with Gasteiger partial charge in [0, 0.05) is 26.2 Å². The van der Waals surface area contributed by atoms with E-state index in [1.807, 2.05) is 13.8 Å². The third kappa shape index (κ3) is 8.56. The highest BCUT2D eigenvalue weighted by Crippen LogP contribution is 2.34. The number of hydrogen-bond acceptors (Lipinski definition) is 3. The number of ether oxygens (including phenoxy) is 3. The molecule has 174 valence electrons. The highest BCUT2D eigenvalue weighted by atomic mass is 19.2. The van der Waals surface area contributed by atoms with E-state index in [9.17, 15) is 13.2 Å². The quantitative estimate of drug-likeness (QED) is 0.157. The molecular formula is C24H39F3O3. The molecule has 1 atom stereocenters. The lowest BCUT2D eigenvalue weighted by atomic mass is 9.91. The number of halogens is 3. The Labute approximate surface area is 180 Å². The molecule has 0 saturated heterocycles. The lowest BCUT2D eigenvalue weighted by molar-refractivity contribution is -0.399. The number of unbranched alkanes of at least 4 members (excludes halogenated alkanes) is 5. The van der Waals surface area contributed by atoms with Gasteiger partial charge in [0.25, 0.3) is 5.97 Å². The third-order valence-corrected chi connectivity index (χ3v) is 5.46. The minimum atomic E-state index is -1.18. The number of hydrogen-bond donors (Lipinski definition) is 0. The molecule has 0 heterocycles. The monoisotopic (exact) mass is 432 g/mol. The summed E-state index contributed by atoms with van der Waals surface area (Å²) in [4.78, 5) is 0. The molecule has 0 N–H and O–H groups in total. The van der Waals surface area contributed by atoms with E-state index in [1.165, 1.54) is 25.7 Å². The normalized spacial score (nSPS) is 13.2. The molecule has 0 bridgehead atoms. The number of methoxy groups -OCH3 is 2. The molecule has 0 fully saturated rings. The second-order valence-electron chi connectivity index (χ2n) is 8.18. The van der Waals surface area contributed by atoms with Crippen LogP contribution in [0.3, 0.4) is 0 Å². The predicted molar refractivity (Wildman–Crippen MR) is 114 cm³/mol. The number of aryl methyl sites for hydroxylation is 1. The molecule has 1 aromatic carbocycles. The summed E-state index contributed by atoms with van der Waals surface area (Å²) in [7, 11) is 3.13. The molecule has 0 amide bonds. The van der Waals surface area contributed by atoms with E-state index >= 15 is 0 Å². The van der Waals surface area contributed by atoms with Crippen LogP contribution in [0.5, 0.6) is 0 Å². The molecule has 0 aliphatic heterocycles. The molecule has 1 aromatic rings. The first kappa shape index (κ1) is 26.9. The first-order valence-electron chi connectivity index (χ1n) is 11.2. The summed E-state index contributed by atoms with van der Waals surface area (Å²) >= 11 is 0. The minimum Gasteiger partial charge on any atom is -0.331 e. The Bertz CT molecular complexity index is 604. The van der Waals surface area contributed by atoms with Crippen molar-refractivity contribution in [3.05, 3.63) is 35.1 Å². The van der Waals surface area contributed by atoms with Gasteiger partial charge in [-0.3, -0.25) is 0 Å². The van der Waals surface area contributed by atoms with Gasteiger partial charge in [0.15, 0.2) is 11.6 Å². The average Bonchev–Trinajstić information content (AvgIpc) is 2.71. The van der Waals surface area contributed by atoms with Gasteiger partial charge in [-0.15, -0.1) is 0 Å². The molecule has 0 aliphatic rings. The Kier molecular flexibility index (Phi) is 12.6. The molecular weight excluding hydrogens is 393 g/mol. The van der Waals surface area contributed by atoms with Gasteiger partial charge in [-0.25, -0.2) is 13.2 Å². The van der Waals surface area contributed by atoms with E-state index < -0.39 is 23.4 Å². The lowest BCUT2D eigenvalue weighted by Gasteiger charge is -2.39. The van der Waals surface area contributed by atoms with Gasteiger partial charge in [0.2, 0.25) is 0 Å². The maximum atomic E-state index is 14.0. The van der Waals surface area contributed by atoms with Crippen molar-refractivity contribution in [1.29, 1.82) is 0 Å². The molecule has 30 heavy (non-hydrogen) atoms. The van der Waals surface area contributed by atoms with Crippen molar-refractivity contribution in [3.8, 4) is 0 Å². The molecule has 1 unspecified atom stereocenters. The van der Waals surface area contributed by atoms with E-state index in [4.69, 9.17) is 14.2 Å².